The molecule has 2 heterocycles. The smallest absolute Gasteiger partial charge is 0.242 e. The van der Waals surface area contributed by atoms with Gasteiger partial charge >= 0.3 is 0 Å². The second-order valence-electron chi connectivity index (χ2n) is 5.32. The Bertz CT molecular complexity index is 421. The highest BCUT2D eigenvalue weighted by Crippen LogP contribution is 2.14. The van der Waals surface area contributed by atoms with Crippen LogP contribution in [0.2, 0.25) is 0 Å². The normalized spacial score (nSPS) is 18.6. The van der Waals surface area contributed by atoms with E-state index in [2.05, 4.69) is 18.9 Å². The average molecular weight is 264 g/mol. The van der Waals surface area contributed by atoms with Crippen molar-refractivity contribution >= 4 is 5.91 Å². The summed E-state index contributed by atoms with van der Waals surface area (Å²) >= 11 is 0. The minimum absolute atomic E-state index is 0.0694. The summed E-state index contributed by atoms with van der Waals surface area (Å²) < 4.78 is 1.94. The third-order valence-corrected chi connectivity index (χ3v) is 3.82. The van der Waals surface area contributed by atoms with Gasteiger partial charge in [0.25, 0.3) is 0 Å². The van der Waals surface area contributed by atoms with E-state index in [0.29, 0.717) is 6.54 Å². The molecule has 1 unspecified atom stereocenters. The maximum Gasteiger partial charge on any atom is 0.242 e. The number of carbonyl (C=O) groups excluding carboxylic acids is 1. The van der Waals surface area contributed by atoms with Crippen molar-refractivity contribution in [2.75, 3.05) is 33.2 Å². The number of nitrogens with zero attached hydrogens (tertiary/aromatic N) is 3. The summed E-state index contributed by atoms with van der Waals surface area (Å²) in [7, 11) is 2.09. The van der Waals surface area contributed by atoms with E-state index in [1.807, 2.05) is 27.9 Å². The Morgan fingerprint density at radius 3 is 2.68 bits per heavy atom. The topological polar surface area (TPSA) is 54.5 Å². The van der Waals surface area contributed by atoms with E-state index in [1.165, 1.54) is 0 Å². The Balaban J connectivity index is 1.90. The van der Waals surface area contributed by atoms with Crippen LogP contribution in [0.25, 0.3) is 0 Å². The zero-order valence-corrected chi connectivity index (χ0v) is 11.9. The third kappa shape index (κ3) is 3.58. The highest BCUT2D eigenvalue weighted by atomic mass is 16.2. The Hall–Kier alpha value is -1.33. The minimum atomic E-state index is 0.0694. The Kier molecular flexibility index (Phi) is 4.61. The highest BCUT2D eigenvalue weighted by molar-refractivity contribution is 5.76. The van der Waals surface area contributed by atoms with Crippen LogP contribution in [0.3, 0.4) is 0 Å². The van der Waals surface area contributed by atoms with Crippen molar-refractivity contribution in [2.24, 2.45) is 5.73 Å². The molecule has 1 aromatic rings. The van der Waals surface area contributed by atoms with Gasteiger partial charge in [-0.15, -0.1) is 0 Å². The standard InChI is InChI=1S/C14H24N4O/c1-3-13(15)12-4-5-17(10-12)11-14(19)18-8-6-16(2)7-9-18/h4-5,10,13H,3,6-9,11,15H2,1-2H3. The van der Waals surface area contributed by atoms with Crippen molar-refractivity contribution in [2.45, 2.75) is 25.9 Å². The molecule has 0 spiro atoms. The number of hydrogen-bond donors (Lipinski definition) is 1. The Labute approximate surface area is 115 Å². The molecule has 0 radical (unpaired) electrons. The van der Waals surface area contributed by atoms with Gasteiger partial charge in [-0.05, 0) is 25.1 Å². The zero-order valence-electron chi connectivity index (χ0n) is 11.9. The van der Waals surface area contributed by atoms with E-state index in [0.717, 1.165) is 38.2 Å². The van der Waals surface area contributed by atoms with Crippen molar-refractivity contribution in [3.8, 4) is 0 Å². The van der Waals surface area contributed by atoms with Gasteiger partial charge in [0.05, 0.1) is 0 Å². The minimum Gasteiger partial charge on any atom is -0.345 e. The summed E-state index contributed by atoms with van der Waals surface area (Å²) in [4.78, 5) is 16.4. The molecule has 106 valence electrons. The molecule has 1 aromatic heterocycles. The number of likely N-dealkylation sites (N-methyl/N-ethyl adjacent to an activating group) is 1. The lowest BCUT2D eigenvalue weighted by molar-refractivity contribution is -0.133. The van der Waals surface area contributed by atoms with Crippen LogP contribution in [-0.4, -0.2) is 53.5 Å². The van der Waals surface area contributed by atoms with Crippen molar-refractivity contribution in [1.29, 1.82) is 0 Å². The van der Waals surface area contributed by atoms with Crippen molar-refractivity contribution < 1.29 is 4.79 Å². The van der Waals surface area contributed by atoms with Gasteiger partial charge in [-0.1, -0.05) is 6.92 Å². The molecule has 2 N–H and O–H groups in total. The summed E-state index contributed by atoms with van der Waals surface area (Å²) in [5, 5.41) is 0. The lowest BCUT2D eigenvalue weighted by Gasteiger charge is -2.32. The molecule has 0 saturated carbocycles. The fraction of sp³-hybridized carbons (Fsp3) is 0.643. The predicted octanol–water partition coefficient (Wildman–Crippen LogP) is 0.672. The fourth-order valence-corrected chi connectivity index (χ4v) is 2.32. The molecule has 1 aliphatic rings. The molecule has 5 nitrogen and oxygen atoms in total. The van der Waals surface area contributed by atoms with Gasteiger partial charge < -0.3 is 20.1 Å². The first-order valence-electron chi connectivity index (χ1n) is 6.97. The summed E-state index contributed by atoms with van der Waals surface area (Å²) in [5.41, 5.74) is 7.09. The van der Waals surface area contributed by atoms with Crippen LogP contribution in [0.4, 0.5) is 0 Å². The first-order valence-corrected chi connectivity index (χ1v) is 6.97. The summed E-state index contributed by atoms with van der Waals surface area (Å²) in [5.74, 6) is 0.195. The van der Waals surface area contributed by atoms with E-state index < -0.39 is 0 Å². The van der Waals surface area contributed by atoms with Crippen LogP contribution in [0.15, 0.2) is 18.5 Å². The summed E-state index contributed by atoms with van der Waals surface area (Å²) in [6, 6.07) is 2.07. The molecule has 0 aliphatic carbocycles. The SMILES string of the molecule is CCC(N)c1ccn(CC(=O)N2CCN(C)CC2)c1. The van der Waals surface area contributed by atoms with E-state index in [9.17, 15) is 4.79 Å². The van der Waals surface area contributed by atoms with Gasteiger partial charge in [0.15, 0.2) is 0 Å². The van der Waals surface area contributed by atoms with Crippen LogP contribution < -0.4 is 5.73 Å². The molecular formula is C14H24N4O. The fourth-order valence-electron chi connectivity index (χ4n) is 2.32. The van der Waals surface area contributed by atoms with Gasteiger partial charge in [0, 0.05) is 44.6 Å². The molecular weight excluding hydrogens is 240 g/mol. The quantitative estimate of drug-likeness (QED) is 0.870. The third-order valence-electron chi connectivity index (χ3n) is 3.82. The Morgan fingerprint density at radius 1 is 1.37 bits per heavy atom. The monoisotopic (exact) mass is 264 g/mol. The molecule has 0 bridgehead atoms. The molecule has 2 rings (SSSR count). The molecule has 1 amide bonds. The highest BCUT2D eigenvalue weighted by Gasteiger charge is 2.19. The van der Waals surface area contributed by atoms with Crippen LogP contribution in [0.5, 0.6) is 0 Å². The summed E-state index contributed by atoms with van der Waals surface area (Å²) in [6.45, 7) is 6.07. The predicted molar refractivity (Wildman–Crippen MR) is 75.7 cm³/mol. The van der Waals surface area contributed by atoms with Crippen LogP contribution in [0, 0.1) is 0 Å². The Morgan fingerprint density at radius 2 is 2.05 bits per heavy atom. The van der Waals surface area contributed by atoms with Crippen molar-refractivity contribution in [3.05, 3.63) is 24.0 Å². The second kappa shape index (κ2) is 6.21. The number of amides is 1. The number of piperazine rings is 1. The lowest BCUT2D eigenvalue weighted by Crippen LogP contribution is -2.48. The van der Waals surface area contributed by atoms with Gasteiger partial charge in [-0.25, -0.2) is 0 Å². The van der Waals surface area contributed by atoms with E-state index in [1.54, 1.807) is 0 Å². The van der Waals surface area contributed by atoms with Gasteiger partial charge in [0.2, 0.25) is 5.91 Å². The van der Waals surface area contributed by atoms with Crippen molar-refractivity contribution in [3.63, 3.8) is 0 Å². The largest absolute Gasteiger partial charge is 0.345 e. The maximum atomic E-state index is 12.2. The van der Waals surface area contributed by atoms with E-state index in [-0.39, 0.29) is 11.9 Å². The molecule has 1 atom stereocenters. The molecule has 19 heavy (non-hydrogen) atoms. The average Bonchev–Trinajstić information content (AvgIpc) is 2.87. The lowest BCUT2D eigenvalue weighted by atomic mass is 10.1. The van der Waals surface area contributed by atoms with E-state index >= 15 is 0 Å². The molecule has 1 aliphatic heterocycles. The number of hydrogen-bond acceptors (Lipinski definition) is 3. The van der Waals surface area contributed by atoms with Crippen LogP contribution in [0.1, 0.15) is 24.9 Å². The maximum absolute atomic E-state index is 12.2. The van der Waals surface area contributed by atoms with Crippen LogP contribution in [-0.2, 0) is 11.3 Å². The number of carbonyl (C=O) groups is 1. The van der Waals surface area contributed by atoms with Gasteiger partial charge in [-0.2, -0.15) is 0 Å². The number of rotatable bonds is 4. The summed E-state index contributed by atoms with van der Waals surface area (Å²) in [6.07, 6.45) is 4.84. The molecule has 5 heteroatoms. The zero-order chi connectivity index (χ0) is 13.8. The molecule has 1 fully saturated rings. The van der Waals surface area contributed by atoms with Gasteiger partial charge in [0.1, 0.15) is 6.54 Å². The number of nitrogens with two attached hydrogens (primary N) is 1. The van der Waals surface area contributed by atoms with Gasteiger partial charge in [-0.3, -0.25) is 4.79 Å². The van der Waals surface area contributed by atoms with Crippen molar-refractivity contribution in [1.82, 2.24) is 14.4 Å². The van der Waals surface area contributed by atoms with Crippen LogP contribution >= 0.6 is 0 Å². The second-order valence-corrected chi connectivity index (χ2v) is 5.32. The molecule has 0 aromatic carbocycles. The first kappa shape index (κ1) is 14.1. The molecule has 1 saturated heterocycles. The van der Waals surface area contributed by atoms with E-state index in [4.69, 9.17) is 5.73 Å². The first-order chi connectivity index (χ1) is 9.10. The number of aromatic nitrogens is 1.